The Kier molecular flexibility index (Phi) is 9.88. The van der Waals surface area contributed by atoms with Crippen LogP contribution in [0.2, 0.25) is 0 Å². The molecule has 0 aliphatic carbocycles. The number of hydrogen-bond donors (Lipinski definition) is 1. The van der Waals surface area contributed by atoms with Gasteiger partial charge in [0.05, 0.1) is 26.7 Å². The van der Waals surface area contributed by atoms with E-state index in [4.69, 9.17) is 19.3 Å². The second-order valence-corrected chi connectivity index (χ2v) is 8.33. The lowest BCUT2D eigenvalue weighted by Gasteiger charge is -2.29. The van der Waals surface area contributed by atoms with E-state index in [1.165, 1.54) is 7.11 Å². The zero-order valence-electron chi connectivity index (χ0n) is 20.2. The van der Waals surface area contributed by atoms with Gasteiger partial charge in [0, 0.05) is 12.1 Å². The number of Topliss-reactive ketones (excluding diaryl/α,β-unsaturated/α-hetero) is 1. The highest BCUT2D eigenvalue weighted by Gasteiger charge is 2.36. The van der Waals surface area contributed by atoms with Crippen LogP contribution in [-0.2, 0) is 21.4 Å². The molecule has 2 rings (SSSR count). The van der Waals surface area contributed by atoms with Gasteiger partial charge in [0.25, 0.3) is 0 Å². The Morgan fingerprint density at radius 3 is 2.36 bits per heavy atom. The average molecular weight is 458 g/mol. The van der Waals surface area contributed by atoms with E-state index in [9.17, 15) is 9.59 Å². The SMILES string of the molecule is COC(=O)C(C)(CCCN(C)CCc1cccc(C(=O)CO)c1)c1ccc(OC)c(OC)c1. The van der Waals surface area contributed by atoms with Crippen molar-refractivity contribution < 1.29 is 28.9 Å². The number of methoxy groups -OCH3 is 3. The average Bonchev–Trinajstić information content (AvgIpc) is 2.85. The van der Waals surface area contributed by atoms with E-state index in [0.29, 0.717) is 23.5 Å². The van der Waals surface area contributed by atoms with Gasteiger partial charge in [0.15, 0.2) is 17.3 Å². The van der Waals surface area contributed by atoms with Crippen molar-refractivity contribution in [3.63, 3.8) is 0 Å². The first-order chi connectivity index (χ1) is 15.8. The summed E-state index contributed by atoms with van der Waals surface area (Å²) in [7, 11) is 6.59. The molecule has 0 bridgehead atoms. The van der Waals surface area contributed by atoms with Gasteiger partial charge in [-0.1, -0.05) is 24.3 Å². The van der Waals surface area contributed by atoms with Crippen LogP contribution in [0.4, 0.5) is 0 Å². The molecule has 1 unspecified atom stereocenters. The van der Waals surface area contributed by atoms with Crippen molar-refractivity contribution in [3.05, 3.63) is 59.2 Å². The van der Waals surface area contributed by atoms with Crippen molar-refractivity contribution >= 4 is 11.8 Å². The highest BCUT2D eigenvalue weighted by molar-refractivity contribution is 5.97. The number of carbonyl (C=O) groups excluding carboxylic acids is 2. The Morgan fingerprint density at radius 1 is 1.00 bits per heavy atom. The molecule has 0 aliphatic rings. The van der Waals surface area contributed by atoms with Crippen molar-refractivity contribution in [2.24, 2.45) is 0 Å². The molecule has 180 valence electrons. The Hall–Kier alpha value is -2.90. The van der Waals surface area contributed by atoms with E-state index in [0.717, 1.165) is 37.1 Å². The third-order valence-corrected chi connectivity index (χ3v) is 6.05. The van der Waals surface area contributed by atoms with E-state index < -0.39 is 12.0 Å². The maximum atomic E-state index is 12.7. The molecule has 1 atom stereocenters. The number of hydrogen-bond acceptors (Lipinski definition) is 7. The highest BCUT2D eigenvalue weighted by Crippen LogP contribution is 2.36. The van der Waals surface area contributed by atoms with E-state index in [-0.39, 0.29) is 11.8 Å². The second-order valence-electron chi connectivity index (χ2n) is 8.33. The van der Waals surface area contributed by atoms with Crippen molar-refractivity contribution in [1.29, 1.82) is 0 Å². The Labute approximate surface area is 196 Å². The Morgan fingerprint density at radius 2 is 1.73 bits per heavy atom. The van der Waals surface area contributed by atoms with E-state index >= 15 is 0 Å². The summed E-state index contributed by atoms with van der Waals surface area (Å²) in [5.74, 6) is 0.618. The van der Waals surface area contributed by atoms with Gasteiger partial charge < -0.3 is 24.2 Å². The van der Waals surface area contributed by atoms with Crippen LogP contribution in [0.3, 0.4) is 0 Å². The van der Waals surface area contributed by atoms with Gasteiger partial charge in [-0.3, -0.25) is 9.59 Å². The molecular weight excluding hydrogens is 422 g/mol. The molecule has 0 spiro atoms. The van der Waals surface area contributed by atoms with Crippen molar-refractivity contribution in [2.45, 2.75) is 31.6 Å². The number of carbonyl (C=O) groups is 2. The van der Waals surface area contributed by atoms with Gasteiger partial charge in [0.2, 0.25) is 0 Å². The van der Waals surface area contributed by atoms with Crippen LogP contribution < -0.4 is 9.47 Å². The lowest BCUT2D eigenvalue weighted by molar-refractivity contribution is -0.147. The quantitative estimate of drug-likeness (QED) is 0.365. The first-order valence-electron chi connectivity index (χ1n) is 11.0. The van der Waals surface area contributed by atoms with Gasteiger partial charge in [0.1, 0.15) is 6.61 Å². The molecule has 2 aromatic rings. The number of rotatable bonds is 13. The van der Waals surface area contributed by atoms with E-state index in [2.05, 4.69) is 4.90 Å². The smallest absolute Gasteiger partial charge is 0.315 e. The normalized spacial score (nSPS) is 12.8. The van der Waals surface area contributed by atoms with Crippen molar-refractivity contribution in [1.82, 2.24) is 4.90 Å². The van der Waals surface area contributed by atoms with Crippen LogP contribution in [0, 0.1) is 0 Å². The predicted octanol–water partition coefficient (Wildman–Crippen LogP) is 3.26. The van der Waals surface area contributed by atoms with Crippen LogP contribution in [0.25, 0.3) is 0 Å². The summed E-state index contributed by atoms with van der Waals surface area (Å²) in [5, 5.41) is 9.05. The largest absolute Gasteiger partial charge is 0.493 e. The minimum absolute atomic E-state index is 0.275. The molecule has 2 aromatic carbocycles. The zero-order valence-corrected chi connectivity index (χ0v) is 20.2. The molecule has 0 fully saturated rings. The van der Waals surface area contributed by atoms with Crippen LogP contribution in [0.1, 0.15) is 41.3 Å². The van der Waals surface area contributed by atoms with E-state index in [1.54, 1.807) is 26.4 Å². The molecule has 33 heavy (non-hydrogen) atoms. The Bertz CT molecular complexity index is 944. The Balaban J connectivity index is 2.00. The third-order valence-electron chi connectivity index (χ3n) is 6.05. The van der Waals surface area contributed by atoms with Crippen LogP contribution >= 0.6 is 0 Å². The van der Waals surface area contributed by atoms with E-state index in [1.807, 2.05) is 44.3 Å². The maximum absolute atomic E-state index is 12.7. The minimum Gasteiger partial charge on any atom is -0.493 e. The highest BCUT2D eigenvalue weighted by atomic mass is 16.5. The predicted molar refractivity (Wildman–Crippen MR) is 127 cm³/mol. The summed E-state index contributed by atoms with van der Waals surface area (Å²) >= 11 is 0. The molecule has 0 amide bonds. The van der Waals surface area contributed by atoms with Gasteiger partial charge >= 0.3 is 5.97 Å². The van der Waals surface area contributed by atoms with Crippen molar-refractivity contribution in [3.8, 4) is 11.5 Å². The molecular formula is C26H35NO6. The van der Waals surface area contributed by atoms with Gasteiger partial charge in [-0.05, 0) is 69.1 Å². The van der Waals surface area contributed by atoms with Crippen molar-refractivity contribution in [2.75, 3.05) is 48.1 Å². The fourth-order valence-electron chi connectivity index (χ4n) is 3.89. The molecule has 0 aromatic heterocycles. The van der Waals surface area contributed by atoms with Gasteiger partial charge in [-0.25, -0.2) is 0 Å². The van der Waals surface area contributed by atoms with Crippen LogP contribution in [0.15, 0.2) is 42.5 Å². The number of benzene rings is 2. The number of ketones is 1. The summed E-state index contributed by atoms with van der Waals surface area (Å²) in [4.78, 5) is 26.6. The maximum Gasteiger partial charge on any atom is 0.315 e. The number of esters is 1. The zero-order chi connectivity index (χ0) is 24.4. The summed E-state index contributed by atoms with van der Waals surface area (Å²) in [6.45, 7) is 3.02. The molecule has 0 radical (unpaired) electrons. The number of likely N-dealkylation sites (N-methyl/N-ethyl adjacent to an activating group) is 1. The minimum atomic E-state index is -0.811. The lowest BCUT2D eigenvalue weighted by Crippen LogP contribution is -2.35. The monoisotopic (exact) mass is 457 g/mol. The fraction of sp³-hybridized carbons (Fsp3) is 0.462. The van der Waals surface area contributed by atoms with Gasteiger partial charge in [-0.2, -0.15) is 0 Å². The van der Waals surface area contributed by atoms with Crippen LogP contribution in [0.5, 0.6) is 11.5 Å². The number of aliphatic hydroxyl groups excluding tert-OH is 1. The van der Waals surface area contributed by atoms with Crippen LogP contribution in [-0.4, -0.2) is 69.8 Å². The molecule has 0 saturated carbocycles. The first-order valence-corrected chi connectivity index (χ1v) is 11.0. The summed E-state index contributed by atoms with van der Waals surface area (Å²) in [6, 6.07) is 12.9. The fourth-order valence-corrected chi connectivity index (χ4v) is 3.89. The lowest BCUT2D eigenvalue weighted by atomic mass is 9.78. The second kappa shape index (κ2) is 12.4. The molecule has 0 saturated heterocycles. The first kappa shape index (κ1) is 26.4. The van der Waals surface area contributed by atoms with Gasteiger partial charge in [-0.15, -0.1) is 0 Å². The molecule has 1 N–H and O–H groups in total. The summed E-state index contributed by atoms with van der Waals surface area (Å²) in [5.41, 5.74) is 1.58. The number of aliphatic hydroxyl groups is 1. The molecule has 7 heteroatoms. The molecule has 0 heterocycles. The standard InChI is InChI=1S/C26H35NO6/c1-26(25(30)33-5,21-10-11-23(31-3)24(17-21)32-4)13-7-14-27(2)15-12-19-8-6-9-20(16-19)22(29)18-28/h6,8-11,16-17,28H,7,12-15,18H2,1-5H3. The number of nitrogens with zero attached hydrogens (tertiary/aromatic N) is 1. The summed E-state index contributed by atoms with van der Waals surface area (Å²) < 4.78 is 15.9. The third kappa shape index (κ3) is 6.79. The molecule has 7 nitrogen and oxygen atoms in total. The molecule has 0 aliphatic heterocycles. The topological polar surface area (TPSA) is 85.3 Å². The number of ether oxygens (including phenoxy) is 3. The summed E-state index contributed by atoms with van der Waals surface area (Å²) in [6.07, 6.45) is 2.19.